The number of amides is 2. The van der Waals surface area contributed by atoms with Crippen LogP contribution in [0.15, 0.2) is 30.3 Å². The Kier molecular flexibility index (Phi) is 4.52. The third kappa shape index (κ3) is 3.54. The third-order valence-corrected chi connectivity index (χ3v) is 3.62. The van der Waals surface area contributed by atoms with E-state index >= 15 is 0 Å². The van der Waals surface area contributed by atoms with Crippen molar-refractivity contribution >= 4 is 17.5 Å². The lowest BCUT2D eigenvalue weighted by Gasteiger charge is -2.26. The summed E-state index contributed by atoms with van der Waals surface area (Å²) in [6, 6.07) is 9.34. The molecule has 0 aliphatic heterocycles. The lowest BCUT2D eigenvalue weighted by atomic mass is 9.81. The quantitative estimate of drug-likeness (QED) is 0.575. The fourth-order valence-electron chi connectivity index (χ4n) is 2.47. The molecule has 0 bridgehead atoms. The van der Waals surface area contributed by atoms with Gasteiger partial charge in [-0.3, -0.25) is 14.8 Å². The summed E-state index contributed by atoms with van der Waals surface area (Å²) in [5, 5.41) is 11.5. The second-order valence-electron chi connectivity index (χ2n) is 4.88. The minimum atomic E-state index is -0.345. The number of benzene rings is 1. The number of hydrogen-bond acceptors (Lipinski definition) is 3. The predicted octanol–water partition coefficient (Wildman–Crippen LogP) is 1.94. The third-order valence-electron chi connectivity index (χ3n) is 3.62. The van der Waals surface area contributed by atoms with E-state index in [4.69, 9.17) is 5.21 Å². The van der Waals surface area contributed by atoms with Crippen molar-refractivity contribution in [1.29, 1.82) is 0 Å². The van der Waals surface area contributed by atoms with Crippen LogP contribution in [0.4, 0.5) is 5.69 Å². The van der Waals surface area contributed by atoms with E-state index in [1.165, 1.54) is 0 Å². The molecule has 1 aliphatic rings. The number of carbonyl (C=O) groups excluding carboxylic acids is 2. The van der Waals surface area contributed by atoms with Gasteiger partial charge in [-0.25, -0.2) is 5.48 Å². The minimum Gasteiger partial charge on any atom is -0.326 e. The van der Waals surface area contributed by atoms with E-state index < -0.39 is 0 Å². The molecule has 5 heteroatoms. The lowest BCUT2D eigenvalue weighted by molar-refractivity contribution is -0.135. The maximum atomic E-state index is 12.1. The van der Waals surface area contributed by atoms with Crippen molar-refractivity contribution in [2.24, 2.45) is 11.8 Å². The summed E-state index contributed by atoms with van der Waals surface area (Å²) in [7, 11) is 0. The molecule has 102 valence electrons. The summed E-state index contributed by atoms with van der Waals surface area (Å²) in [6.45, 7) is 0. The Bertz CT molecular complexity index is 439. The highest BCUT2D eigenvalue weighted by Crippen LogP contribution is 2.29. The van der Waals surface area contributed by atoms with Crippen LogP contribution in [-0.4, -0.2) is 17.0 Å². The molecule has 1 saturated carbocycles. The average molecular weight is 262 g/mol. The highest BCUT2D eigenvalue weighted by Gasteiger charge is 2.29. The van der Waals surface area contributed by atoms with Crippen molar-refractivity contribution in [3.63, 3.8) is 0 Å². The number of rotatable bonds is 3. The molecular weight excluding hydrogens is 244 g/mol. The van der Waals surface area contributed by atoms with Gasteiger partial charge in [0.05, 0.1) is 0 Å². The average Bonchev–Trinajstić information content (AvgIpc) is 2.47. The first kappa shape index (κ1) is 13.5. The van der Waals surface area contributed by atoms with Gasteiger partial charge in [0.1, 0.15) is 0 Å². The summed E-state index contributed by atoms with van der Waals surface area (Å²) in [6.07, 6.45) is 2.63. The monoisotopic (exact) mass is 262 g/mol. The van der Waals surface area contributed by atoms with Gasteiger partial charge in [0.15, 0.2) is 0 Å². The molecule has 19 heavy (non-hydrogen) atoms. The summed E-state index contributed by atoms with van der Waals surface area (Å²) >= 11 is 0. The Hall–Kier alpha value is -1.88. The Balaban J connectivity index is 1.84. The molecule has 0 radical (unpaired) electrons. The highest BCUT2D eigenvalue weighted by atomic mass is 16.5. The maximum absolute atomic E-state index is 12.1. The zero-order valence-electron chi connectivity index (χ0n) is 10.6. The van der Waals surface area contributed by atoms with Crippen molar-refractivity contribution in [3.8, 4) is 0 Å². The van der Waals surface area contributed by atoms with Crippen molar-refractivity contribution in [3.05, 3.63) is 30.3 Å². The fraction of sp³-hybridized carbons (Fsp3) is 0.429. The van der Waals surface area contributed by atoms with Gasteiger partial charge in [0.2, 0.25) is 11.8 Å². The van der Waals surface area contributed by atoms with Crippen LogP contribution in [0.3, 0.4) is 0 Å². The molecule has 0 atom stereocenters. The number of carbonyl (C=O) groups is 2. The molecule has 5 nitrogen and oxygen atoms in total. The lowest BCUT2D eigenvalue weighted by Crippen LogP contribution is -2.34. The molecule has 0 aromatic heterocycles. The van der Waals surface area contributed by atoms with Crippen LogP contribution in [0.1, 0.15) is 25.7 Å². The topological polar surface area (TPSA) is 78.4 Å². The standard InChI is InChI=1S/C14H18N2O3/c17-13(15-12-4-2-1-3-5-12)10-6-8-11(9-7-10)14(18)16-19/h1-5,10-11,19H,6-9H2,(H,15,17)(H,16,18). The molecule has 3 N–H and O–H groups in total. The predicted molar refractivity (Wildman–Crippen MR) is 70.4 cm³/mol. The zero-order valence-corrected chi connectivity index (χ0v) is 10.6. The van der Waals surface area contributed by atoms with Crippen LogP contribution >= 0.6 is 0 Å². The normalized spacial score (nSPS) is 22.6. The number of hydroxylamine groups is 1. The number of anilines is 1. The van der Waals surface area contributed by atoms with Crippen molar-refractivity contribution in [2.75, 3.05) is 5.32 Å². The molecule has 0 unspecified atom stereocenters. The number of nitrogens with one attached hydrogen (secondary N) is 2. The first-order valence-electron chi connectivity index (χ1n) is 6.50. The molecule has 1 aromatic carbocycles. The largest absolute Gasteiger partial charge is 0.326 e. The van der Waals surface area contributed by atoms with Crippen LogP contribution in [0.5, 0.6) is 0 Å². The zero-order chi connectivity index (χ0) is 13.7. The Labute approximate surface area is 112 Å². The number of hydrogen-bond donors (Lipinski definition) is 3. The first-order valence-corrected chi connectivity index (χ1v) is 6.50. The molecule has 0 heterocycles. The van der Waals surface area contributed by atoms with Gasteiger partial charge < -0.3 is 5.32 Å². The highest BCUT2D eigenvalue weighted by molar-refractivity contribution is 5.92. The Morgan fingerprint density at radius 3 is 2.00 bits per heavy atom. The van der Waals surface area contributed by atoms with Crippen molar-refractivity contribution < 1.29 is 14.8 Å². The van der Waals surface area contributed by atoms with E-state index in [2.05, 4.69) is 5.32 Å². The molecule has 2 rings (SSSR count). The van der Waals surface area contributed by atoms with Crippen molar-refractivity contribution in [2.45, 2.75) is 25.7 Å². The van der Waals surface area contributed by atoms with Crippen LogP contribution < -0.4 is 10.8 Å². The minimum absolute atomic E-state index is 0.00839. The van der Waals surface area contributed by atoms with Crippen LogP contribution in [0.2, 0.25) is 0 Å². The number of para-hydroxylation sites is 1. The molecular formula is C14H18N2O3. The van der Waals surface area contributed by atoms with Gasteiger partial charge >= 0.3 is 0 Å². The van der Waals surface area contributed by atoms with Gasteiger partial charge in [-0.05, 0) is 37.8 Å². The SMILES string of the molecule is O=C(NO)C1CCC(C(=O)Nc2ccccc2)CC1. The van der Waals surface area contributed by atoms with E-state index in [9.17, 15) is 9.59 Å². The molecule has 1 aromatic rings. The fourth-order valence-corrected chi connectivity index (χ4v) is 2.47. The molecule has 0 spiro atoms. The van der Waals surface area contributed by atoms with E-state index in [1.54, 1.807) is 5.48 Å². The Morgan fingerprint density at radius 1 is 0.947 bits per heavy atom. The van der Waals surface area contributed by atoms with Gasteiger partial charge in [-0.1, -0.05) is 18.2 Å². The summed E-state index contributed by atoms with van der Waals surface area (Å²) < 4.78 is 0. The van der Waals surface area contributed by atoms with Gasteiger partial charge in [0.25, 0.3) is 0 Å². The van der Waals surface area contributed by atoms with E-state index in [1.807, 2.05) is 30.3 Å². The second-order valence-corrected chi connectivity index (χ2v) is 4.88. The summed E-state index contributed by atoms with van der Waals surface area (Å²) in [5.41, 5.74) is 2.47. The molecule has 1 fully saturated rings. The van der Waals surface area contributed by atoms with Gasteiger partial charge in [-0.15, -0.1) is 0 Å². The van der Waals surface area contributed by atoms with Crippen LogP contribution in [0.25, 0.3) is 0 Å². The van der Waals surface area contributed by atoms with E-state index in [-0.39, 0.29) is 23.7 Å². The molecule has 0 saturated heterocycles. The smallest absolute Gasteiger partial charge is 0.246 e. The summed E-state index contributed by atoms with van der Waals surface area (Å²) in [5.74, 6) is -0.565. The first-order chi connectivity index (χ1) is 9.20. The van der Waals surface area contributed by atoms with Crippen LogP contribution in [0, 0.1) is 11.8 Å². The van der Waals surface area contributed by atoms with Crippen molar-refractivity contribution in [1.82, 2.24) is 5.48 Å². The second kappa shape index (κ2) is 6.33. The molecule has 2 amide bonds. The van der Waals surface area contributed by atoms with Gasteiger partial charge in [0, 0.05) is 17.5 Å². The summed E-state index contributed by atoms with van der Waals surface area (Å²) in [4.78, 5) is 23.3. The van der Waals surface area contributed by atoms with Crippen LogP contribution in [-0.2, 0) is 9.59 Å². The van der Waals surface area contributed by atoms with Gasteiger partial charge in [-0.2, -0.15) is 0 Å². The van der Waals surface area contributed by atoms with E-state index in [0.29, 0.717) is 25.7 Å². The van der Waals surface area contributed by atoms with E-state index in [0.717, 1.165) is 5.69 Å². The Morgan fingerprint density at radius 2 is 1.47 bits per heavy atom. The maximum Gasteiger partial charge on any atom is 0.246 e. The molecule has 1 aliphatic carbocycles.